The van der Waals surface area contributed by atoms with Crippen LogP contribution in [0.15, 0.2) is 46.9 Å². The predicted octanol–water partition coefficient (Wildman–Crippen LogP) is 4.36. The molecular formula is C22H24N4O3S2. The third-order valence-corrected chi connectivity index (χ3v) is 7.26. The van der Waals surface area contributed by atoms with Crippen LogP contribution in [0.3, 0.4) is 0 Å². The molecule has 3 aromatic rings. The molecule has 31 heavy (non-hydrogen) atoms. The Kier molecular flexibility index (Phi) is 6.15. The van der Waals surface area contributed by atoms with Gasteiger partial charge in [0.05, 0.1) is 10.1 Å². The van der Waals surface area contributed by atoms with Gasteiger partial charge in [0.15, 0.2) is 11.0 Å². The number of anilines is 1. The average molecular weight is 457 g/mol. The Bertz CT molecular complexity index is 1090. The van der Waals surface area contributed by atoms with Crippen molar-refractivity contribution in [1.29, 1.82) is 0 Å². The summed E-state index contributed by atoms with van der Waals surface area (Å²) in [6.45, 7) is 6.21. The SMILES string of the molecule is CC(C)[C@@H](C(=O)O)n1c(S[C@H](C)C(=O)N2CCc3ccccc32)nnc1-c1cccs1. The topological polar surface area (TPSA) is 88.3 Å². The number of aromatic nitrogens is 3. The molecule has 162 valence electrons. The van der Waals surface area contributed by atoms with Gasteiger partial charge in [-0.25, -0.2) is 4.79 Å². The number of carboxylic acid groups (broad SMARTS) is 1. The zero-order chi connectivity index (χ0) is 22.1. The van der Waals surface area contributed by atoms with Crippen molar-refractivity contribution in [2.75, 3.05) is 11.4 Å². The maximum atomic E-state index is 13.2. The summed E-state index contributed by atoms with van der Waals surface area (Å²) in [5.74, 6) is -0.617. The van der Waals surface area contributed by atoms with E-state index < -0.39 is 17.3 Å². The van der Waals surface area contributed by atoms with Crippen molar-refractivity contribution in [3.8, 4) is 10.7 Å². The number of carbonyl (C=O) groups is 2. The summed E-state index contributed by atoms with van der Waals surface area (Å²) >= 11 is 2.74. The van der Waals surface area contributed by atoms with Crippen molar-refractivity contribution < 1.29 is 14.7 Å². The molecule has 9 heteroatoms. The first-order valence-electron chi connectivity index (χ1n) is 10.2. The van der Waals surface area contributed by atoms with Crippen LogP contribution in [0.5, 0.6) is 0 Å². The van der Waals surface area contributed by atoms with E-state index in [0.29, 0.717) is 17.5 Å². The number of carboxylic acids is 1. The second-order valence-electron chi connectivity index (χ2n) is 7.81. The Labute approximate surface area is 189 Å². The molecule has 0 radical (unpaired) electrons. The van der Waals surface area contributed by atoms with E-state index in [1.54, 1.807) is 4.57 Å². The van der Waals surface area contributed by atoms with E-state index in [0.717, 1.165) is 17.0 Å². The van der Waals surface area contributed by atoms with Crippen LogP contribution in [0.2, 0.25) is 0 Å². The molecule has 0 unspecified atom stereocenters. The number of para-hydroxylation sites is 1. The van der Waals surface area contributed by atoms with Gasteiger partial charge in [0.25, 0.3) is 0 Å². The number of fused-ring (bicyclic) bond motifs is 1. The Balaban J connectivity index is 1.65. The Morgan fingerprint density at radius 2 is 1.90 bits per heavy atom. The number of aliphatic carboxylic acids is 1. The first-order valence-corrected chi connectivity index (χ1v) is 11.9. The Morgan fingerprint density at radius 3 is 2.58 bits per heavy atom. The van der Waals surface area contributed by atoms with Gasteiger partial charge in [-0.2, -0.15) is 0 Å². The van der Waals surface area contributed by atoms with Crippen LogP contribution in [-0.4, -0.2) is 43.5 Å². The fourth-order valence-electron chi connectivity index (χ4n) is 3.87. The zero-order valence-corrected chi connectivity index (χ0v) is 19.2. The highest BCUT2D eigenvalue weighted by molar-refractivity contribution is 8.00. The number of hydrogen-bond donors (Lipinski definition) is 1. The molecule has 1 aliphatic rings. The lowest BCUT2D eigenvalue weighted by molar-refractivity contribution is -0.142. The summed E-state index contributed by atoms with van der Waals surface area (Å²) in [6.07, 6.45) is 0.840. The molecule has 2 aromatic heterocycles. The van der Waals surface area contributed by atoms with Crippen molar-refractivity contribution >= 4 is 40.7 Å². The van der Waals surface area contributed by atoms with Crippen molar-refractivity contribution in [3.63, 3.8) is 0 Å². The van der Waals surface area contributed by atoms with Crippen LogP contribution in [0.1, 0.15) is 32.4 Å². The minimum absolute atomic E-state index is 0.0152. The number of thiophene rings is 1. The summed E-state index contributed by atoms with van der Waals surface area (Å²) in [6, 6.07) is 10.9. The first-order chi connectivity index (χ1) is 14.9. The third kappa shape index (κ3) is 4.12. The van der Waals surface area contributed by atoms with E-state index in [4.69, 9.17) is 0 Å². The molecule has 0 saturated heterocycles. The lowest BCUT2D eigenvalue weighted by Crippen LogP contribution is -2.35. The molecule has 1 aliphatic heterocycles. The lowest BCUT2D eigenvalue weighted by Gasteiger charge is -2.24. The number of hydrogen-bond acceptors (Lipinski definition) is 6. The van der Waals surface area contributed by atoms with Crippen LogP contribution in [0.25, 0.3) is 10.7 Å². The van der Waals surface area contributed by atoms with E-state index in [9.17, 15) is 14.7 Å². The van der Waals surface area contributed by atoms with E-state index in [1.165, 1.54) is 28.7 Å². The quantitative estimate of drug-likeness (QED) is 0.532. The van der Waals surface area contributed by atoms with Crippen LogP contribution >= 0.6 is 23.1 Å². The number of carbonyl (C=O) groups excluding carboxylic acids is 1. The second kappa shape index (κ2) is 8.84. The minimum atomic E-state index is -0.943. The number of nitrogens with zero attached hydrogens (tertiary/aromatic N) is 4. The fourth-order valence-corrected chi connectivity index (χ4v) is 5.52. The van der Waals surface area contributed by atoms with Crippen LogP contribution < -0.4 is 4.90 Å². The molecular weight excluding hydrogens is 432 g/mol. The van der Waals surface area contributed by atoms with Gasteiger partial charge in [-0.15, -0.1) is 21.5 Å². The van der Waals surface area contributed by atoms with E-state index in [2.05, 4.69) is 10.2 Å². The molecule has 0 fully saturated rings. The lowest BCUT2D eigenvalue weighted by atomic mass is 10.0. The molecule has 0 spiro atoms. The summed E-state index contributed by atoms with van der Waals surface area (Å²) in [4.78, 5) is 28.0. The number of rotatable bonds is 7. The molecule has 1 aromatic carbocycles. The van der Waals surface area contributed by atoms with Gasteiger partial charge in [0, 0.05) is 12.2 Å². The number of thioether (sulfide) groups is 1. The van der Waals surface area contributed by atoms with Gasteiger partial charge in [-0.1, -0.05) is 49.9 Å². The average Bonchev–Trinajstić information content (AvgIpc) is 3.47. The Morgan fingerprint density at radius 1 is 1.13 bits per heavy atom. The van der Waals surface area contributed by atoms with Crippen LogP contribution in [0, 0.1) is 5.92 Å². The maximum Gasteiger partial charge on any atom is 0.327 e. The highest BCUT2D eigenvalue weighted by atomic mass is 32.2. The first kappa shape index (κ1) is 21.6. The van der Waals surface area contributed by atoms with Gasteiger partial charge in [-0.05, 0) is 42.3 Å². The van der Waals surface area contributed by atoms with Crippen molar-refractivity contribution in [3.05, 3.63) is 47.3 Å². The maximum absolute atomic E-state index is 13.2. The monoisotopic (exact) mass is 456 g/mol. The van der Waals surface area contributed by atoms with E-state index in [-0.39, 0.29) is 11.8 Å². The second-order valence-corrected chi connectivity index (χ2v) is 10.1. The molecule has 0 aliphatic carbocycles. The van der Waals surface area contributed by atoms with Crippen molar-refractivity contribution in [2.45, 2.75) is 43.6 Å². The summed E-state index contributed by atoms with van der Waals surface area (Å²) in [5, 5.41) is 20.5. The number of amides is 1. The molecule has 4 rings (SSSR count). The van der Waals surface area contributed by atoms with Gasteiger partial charge >= 0.3 is 5.97 Å². The van der Waals surface area contributed by atoms with Gasteiger partial charge < -0.3 is 10.0 Å². The standard InChI is InChI=1S/C22H24N4O3S2/c1-13(2)18(21(28)29)26-19(17-9-6-12-30-17)23-24-22(26)31-14(3)20(27)25-11-10-15-7-4-5-8-16(15)25/h4-9,12-14,18H,10-11H2,1-3H3,(H,28,29)/t14-,18+/m1/s1. The zero-order valence-electron chi connectivity index (χ0n) is 17.6. The highest BCUT2D eigenvalue weighted by Gasteiger charge is 2.33. The van der Waals surface area contributed by atoms with E-state index in [1.807, 2.05) is 67.4 Å². The molecule has 0 saturated carbocycles. The van der Waals surface area contributed by atoms with Gasteiger partial charge in [0.2, 0.25) is 5.91 Å². The van der Waals surface area contributed by atoms with Gasteiger partial charge in [-0.3, -0.25) is 9.36 Å². The Hall–Kier alpha value is -2.65. The van der Waals surface area contributed by atoms with E-state index >= 15 is 0 Å². The molecule has 3 heterocycles. The normalized spacial score (nSPS) is 15.2. The number of benzene rings is 1. The molecule has 0 bridgehead atoms. The molecule has 7 nitrogen and oxygen atoms in total. The largest absolute Gasteiger partial charge is 0.480 e. The fraction of sp³-hybridized carbons (Fsp3) is 0.364. The molecule has 1 amide bonds. The summed E-state index contributed by atoms with van der Waals surface area (Å²) in [7, 11) is 0. The van der Waals surface area contributed by atoms with Gasteiger partial charge in [0.1, 0.15) is 6.04 Å². The summed E-state index contributed by atoms with van der Waals surface area (Å²) in [5.41, 5.74) is 2.12. The highest BCUT2D eigenvalue weighted by Crippen LogP contribution is 2.36. The van der Waals surface area contributed by atoms with Crippen LogP contribution in [-0.2, 0) is 16.0 Å². The predicted molar refractivity (Wildman–Crippen MR) is 123 cm³/mol. The van der Waals surface area contributed by atoms with Crippen LogP contribution in [0.4, 0.5) is 5.69 Å². The molecule has 1 N–H and O–H groups in total. The summed E-state index contributed by atoms with van der Waals surface area (Å²) < 4.78 is 1.67. The minimum Gasteiger partial charge on any atom is -0.480 e. The van der Waals surface area contributed by atoms with Crippen molar-refractivity contribution in [1.82, 2.24) is 14.8 Å². The third-order valence-electron chi connectivity index (χ3n) is 5.35. The molecule has 2 atom stereocenters. The smallest absolute Gasteiger partial charge is 0.327 e. The van der Waals surface area contributed by atoms with Crippen molar-refractivity contribution in [2.24, 2.45) is 5.92 Å².